The molecule has 1 N–H and O–H groups in total. The van der Waals surface area contributed by atoms with Crippen molar-refractivity contribution in [1.82, 2.24) is 5.43 Å². The van der Waals surface area contributed by atoms with Crippen LogP contribution in [0.1, 0.15) is 12.0 Å². The van der Waals surface area contributed by atoms with Gasteiger partial charge >= 0.3 is 0 Å². The van der Waals surface area contributed by atoms with Crippen LogP contribution in [0.3, 0.4) is 0 Å². The highest BCUT2D eigenvalue weighted by atomic mass is 35.5. The quantitative estimate of drug-likeness (QED) is 0.686. The van der Waals surface area contributed by atoms with E-state index in [1.807, 2.05) is 30.3 Å². The third kappa shape index (κ3) is 3.81. The maximum absolute atomic E-state index is 12.2. The molecule has 0 saturated carbocycles. The average molecular weight is 342 g/mol. The van der Waals surface area contributed by atoms with Crippen LogP contribution in [-0.2, 0) is 9.59 Å². The number of hydrazone groups is 1. The monoisotopic (exact) mass is 341 g/mol. The summed E-state index contributed by atoms with van der Waals surface area (Å²) in [6.45, 7) is 0.340. The van der Waals surface area contributed by atoms with E-state index in [1.165, 1.54) is 0 Å². The number of halogens is 1. The molecule has 1 atom stereocenters. The van der Waals surface area contributed by atoms with E-state index in [0.29, 0.717) is 11.6 Å². The Morgan fingerprint density at radius 1 is 1.17 bits per heavy atom. The minimum Gasteiger partial charge on any atom is -0.312 e. The van der Waals surface area contributed by atoms with Crippen molar-refractivity contribution < 1.29 is 9.59 Å². The minimum absolute atomic E-state index is 0.0792. The standard InChI is InChI=1S/C18H16ClN3O2/c19-15-6-8-16(9-7-15)22-12-14(10-17(22)23)18(24)21-20-11-13-4-2-1-3-5-13/h1-9,11,14H,10,12H2,(H,21,24)/b20-11-/t14-/m1/s1. The van der Waals surface area contributed by atoms with Gasteiger partial charge in [0.2, 0.25) is 11.8 Å². The molecule has 2 aromatic rings. The first kappa shape index (κ1) is 16.2. The topological polar surface area (TPSA) is 61.8 Å². The van der Waals surface area contributed by atoms with Crippen LogP contribution in [0.2, 0.25) is 5.02 Å². The zero-order chi connectivity index (χ0) is 16.9. The van der Waals surface area contributed by atoms with E-state index in [0.717, 1.165) is 11.3 Å². The third-order valence-electron chi connectivity index (χ3n) is 3.82. The first-order valence-electron chi connectivity index (χ1n) is 7.57. The van der Waals surface area contributed by atoms with Gasteiger partial charge in [-0.3, -0.25) is 9.59 Å². The first-order valence-corrected chi connectivity index (χ1v) is 7.95. The minimum atomic E-state index is -0.416. The number of nitrogens with zero attached hydrogens (tertiary/aromatic N) is 2. The summed E-state index contributed by atoms with van der Waals surface area (Å²) < 4.78 is 0. The van der Waals surface area contributed by atoms with E-state index in [4.69, 9.17) is 11.6 Å². The zero-order valence-corrected chi connectivity index (χ0v) is 13.6. The molecule has 1 aliphatic rings. The van der Waals surface area contributed by atoms with Crippen molar-refractivity contribution in [3.63, 3.8) is 0 Å². The summed E-state index contributed by atoms with van der Waals surface area (Å²) in [6.07, 6.45) is 1.75. The highest BCUT2D eigenvalue weighted by Crippen LogP contribution is 2.26. The van der Waals surface area contributed by atoms with Crippen LogP contribution < -0.4 is 10.3 Å². The van der Waals surface area contributed by atoms with Crippen molar-refractivity contribution in [2.45, 2.75) is 6.42 Å². The largest absolute Gasteiger partial charge is 0.312 e. The van der Waals surface area contributed by atoms with Gasteiger partial charge in [-0.2, -0.15) is 5.10 Å². The van der Waals surface area contributed by atoms with Crippen molar-refractivity contribution >= 4 is 35.3 Å². The number of amides is 2. The molecule has 0 aliphatic carbocycles. The molecular formula is C18H16ClN3O2. The van der Waals surface area contributed by atoms with Crippen molar-refractivity contribution in [3.05, 3.63) is 65.2 Å². The van der Waals surface area contributed by atoms with Crippen LogP contribution in [-0.4, -0.2) is 24.6 Å². The Morgan fingerprint density at radius 2 is 1.88 bits per heavy atom. The molecular weight excluding hydrogens is 326 g/mol. The normalized spacial score (nSPS) is 17.5. The van der Waals surface area contributed by atoms with Gasteiger partial charge < -0.3 is 4.90 Å². The van der Waals surface area contributed by atoms with Crippen LogP contribution in [0.15, 0.2) is 59.7 Å². The number of anilines is 1. The van der Waals surface area contributed by atoms with Gasteiger partial charge in [-0.1, -0.05) is 41.9 Å². The lowest BCUT2D eigenvalue weighted by Crippen LogP contribution is -2.30. The molecule has 5 nitrogen and oxygen atoms in total. The molecule has 122 valence electrons. The maximum Gasteiger partial charge on any atom is 0.245 e. The number of carbonyl (C=O) groups is 2. The Labute approximate surface area is 144 Å². The van der Waals surface area contributed by atoms with Crippen LogP contribution >= 0.6 is 11.6 Å². The van der Waals surface area contributed by atoms with Crippen LogP contribution in [0, 0.1) is 5.92 Å². The van der Waals surface area contributed by atoms with Crippen LogP contribution in [0.5, 0.6) is 0 Å². The van der Waals surface area contributed by atoms with Gasteiger partial charge in [0.1, 0.15) is 0 Å². The number of rotatable bonds is 4. The molecule has 1 heterocycles. The maximum atomic E-state index is 12.2. The smallest absolute Gasteiger partial charge is 0.245 e. The molecule has 0 spiro atoms. The van der Waals surface area contributed by atoms with Crippen molar-refractivity contribution in [2.75, 3.05) is 11.4 Å². The molecule has 0 unspecified atom stereocenters. The van der Waals surface area contributed by atoms with Crippen molar-refractivity contribution in [1.29, 1.82) is 0 Å². The summed E-state index contributed by atoms with van der Waals surface area (Å²) >= 11 is 5.86. The zero-order valence-electron chi connectivity index (χ0n) is 12.9. The first-order chi connectivity index (χ1) is 11.6. The molecule has 3 rings (SSSR count). The summed E-state index contributed by atoms with van der Waals surface area (Å²) in [5, 5.41) is 4.56. The second kappa shape index (κ2) is 7.27. The molecule has 1 fully saturated rings. The molecule has 0 bridgehead atoms. The van der Waals surface area contributed by atoms with Gasteiger partial charge in [-0.15, -0.1) is 0 Å². The number of nitrogens with one attached hydrogen (secondary N) is 1. The van der Waals surface area contributed by atoms with Gasteiger partial charge in [-0.25, -0.2) is 5.43 Å². The van der Waals surface area contributed by atoms with E-state index in [2.05, 4.69) is 10.5 Å². The Kier molecular flexibility index (Phi) is 4.91. The lowest BCUT2D eigenvalue weighted by molar-refractivity contribution is -0.126. The van der Waals surface area contributed by atoms with E-state index >= 15 is 0 Å². The predicted octanol–water partition coefficient (Wildman–Crippen LogP) is 2.84. The summed E-state index contributed by atoms with van der Waals surface area (Å²) in [4.78, 5) is 25.9. The van der Waals surface area contributed by atoms with E-state index < -0.39 is 5.92 Å². The number of carbonyl (C=O) groups excluding carboxylic acids is 2. The second-order valence-corrected chi connectivity index (χ2v) is 5.96. The molecule has 1 saturated heterocycles. The molecule has 24 heavy (non-hydrogen) atoms. The fourth-order valence-corrected chi connectivity index (χ4v) is 2.68. The fraction of sp³-hybridized carbons (Fsp3) is 0.167. The predicted molar refractivity (Wildman–Crippen MR) is 94.1 cm³/mol. The molecule has 2 amide bonds. The molecule has 0 aromatic heterocycles. The summed E-state index contributed by atoms with van der Waals surface area (Å²) in [5.41, 5.74) is 4.14. The lowest BCUT2D eigenvalue weighted by atomic mass is 10.1. The van der Waals surface area contributed by atoms with E-state index in [1.54, 1.807) is 35.4 Å². The summed E-state index contributed by atoms with van der Waals surface area (Å²) in [6, 6.07) is 16.5. The summed E-state index contributed by atoms with van der Waals surface area (Å²) in [7, 11) is 0. The van der Waals surface area contributed by atoms with Gasteiger partial charge in [0.15, 0.2) is 0 Å². The van der Waals surface area contributed by atoms with Crippen LogP contribution in [0.4, 0.5) is 5.69 Å². The second-order valence-electron chi connectivity index (χ2n) is 5.53. The van der Waals surface area contributed by atoms with Gasteiger partial charge in [-0.05, 0) is 29.8 Å². The highest BCUT2D eigenvalue weighted by molar-refractivity contribution is 6.30. The Morgan fingerprint density at radius 3 is 2.58 bits per heavy atom. The van der Waals surface area contributed by atoms with Crippen molar-refractivity contribution in [3.8, 4) is 0 Å². The Hall–Kier alpha value is -2.66. The van der Waals surface area contributed by atoms with Crippen molar-refractivity contribution in [2.24, 2.45) is 11.0 Å². The number of hydrogen-bond acceptors (Lipinski definition) is 3. The van der Waals surface area contributed by atoms with Crippen LogP contribution in [0.25, 0.3) is 0 Å². The molecule has 2 aromatic carbocycles. The molecule has 6 heteroatoms. The average Bonchev–Trinajstić information content (AvgIpc) is 2.98. The fourth-order valence-electron chi connectivity index (χ4n) is 2.55. The Balaban J connectivity index is 1.59. The van der Waals surface area contributed by atoms with Gasteiger partial charge in [0.25, 0.3) is 0 Å². The number of benzene rings is 2. The highest BCUT2D eigenvalue weighted by Gasteiger charge is 2.35. The van der Waals surface area contributed by atoms with E-state index in [-0.39, 0.29) is 18.2 Å². The van der Waals surface area contributed by atoms with Gasteiger partial charge in [0.05, 0.1) is 12.1 Å². The molecule has 0 radical (unpaired) electrons. The lowest BCUT2D eigenvalue weighted by Gasteiger charge is -2.16. The molecule has 1 aliphatic heterocycles. The summed E-state index contributed by atoms with van der Waals surface area (Å²) in [5.74, 6) is -0.752. The SMILES string of the molecule is O=C(N/N=C\c1ccccc1)[C@@H]1CC(=O)N(c2ccc(Cl)cc2)C1. The van der Waals surface area contributed by atoms with E-state index in [9.17, 15) is 9.59 Å². The third-order valence-corrected chi connectivity index (χ3v) is 4.07. The Bertz CT molecular complexity index is 760. The van der Waals surface area contributed by atoms with Gasteiger partial charge in [0, 0.05) is 23.7 Å². The number of hydrogen-bond donors (Lipinski definition) is 1.